The van der Waals surface area contributed by atoms with Gasteiger partial charge in [0.05, 0.1) is 33.4 Å². The molecule has 0 N–H and O–H groups in total. The van der Waals surface area contributed by atoms with Crippen LogP contribution >= 0.6 is 0 Å². The van der Waals surface area contributed by atoms with Gasteiger partial charge in [0.25, 0.3) is 6.33 Å². The predicted molar refractivity (Wildman–Crippen MR) is 328 cm³/mol. The maximum Gasteiger partial charge on any atom is 0.269 e. The van der Waals surface area contributed by atoms with Crippen LogP contribution < -0.4 is 9.30 Å². The van der Waals surface area contributed by atoms with Gasteiger partial charge in [0.15, 0.2) is 0 Å². The van der Waals surface area contributed by atoms with Crippen LogP contribution in [0.4, 0.5) is 0 Å². The maximum absolute atomic E-state index is 6.99. The monoisotopic (exact) mass is 1030 g/mol. The van der Waals surface area contributed by atoms with Crippen LogP contribution in [-0.4, -0.2) is 14.1 Å². The number of nitrogens with zero attached hydrogens (tertiary/aromatic N) is 4. The molecule has 5 heterocycles. The highest BCUT2D eigenvalue weighted by atomic mass is 16.5. The maximum atomic E-state index is 6.99. The van der Waals surface area contributed by atoms with Crippen molar-refractivity contribution in [3.63, 3.8) is 0 Å². The average Bonchev–Trinajstić information content (AvgIpc) is 4.03. The molecule has 0 fully saturated rings. The molecule has 0 aliphatic carbocycles. The molecule has 6 nitrogen and oxygen atoms in total. The van der Waals surface area contributed by atoms with Crippen molar-refractivity contribution in [1.29, 1.82) is 0 Å². The molecule has 10 aromatic carbocycles. The zero-order valence-corrected chi connectivity index (χ0v) is 45.5. The van der Waals surface area contributed by atoms with Crippen molar-refractivity contribution in [3.8, 4) is 84.3 Å². The lowest BCUT2D eigenvalue weighted by Gasteiger charge is -2.21. The fourth-order valence-electron chi connectivity index (χ4n) is 12.2. The van der Waals surface area contributed by atoms with E-state index in [1.54, 1.807) is 0 Å². The quantitative estimate of drug-likeness (QED) is 0.123. The summed E-state index contributed by atoms with van der Waals surface area (Å²) < 4.78 is 20.2. The molecule has 1 aliphatic heterocycles. The van der Waals surface area contributed by atoms with Gasteiger partial charge < -0.3 is 9.15 Å². The Morgan fingerprint density at radius 2 is 1.05 bits per heavy atom. The highest BCUT2D eigenvalue weighted by Gasteiger charge is 2.28. The van der Waals surface area contributed by atoms with Crippen molar-refractivity contribution < 1.29 is 13.7 Å². The molecule has 14 aromatic rings. The van der Waals surface area contributed by atoms with Crippen molar-refractivity contribution in [2.45, 2.75) is 52.4 Å². The summed E-state index contributed by atoms with van der Waals surface area (Å²) >= 11 is 0. The Morgan fingerprint density at radius 1 is 0.425 bits per heavy atom. The van der Waals surface area contributed by atoms with E-state index in [0.717, 1.165) is 128 Å². The van der Waals surface area contributed by atoms with Gasteiger partial charge in [-0.3, -0.25) is 13.7 Å². The molecule has 384 valence electrons. The number of fused-ring (bicyclic) bond motifs is 13. The van der Waals surface area contributed by atoms with E-state index in [1.807, 2.05) is 24.4 Å². The lowest BCUT2D eigenvalue weighted by Crippen LogP contribution is -2.32. The first-order valence-corrected chi connectivity index (χ1v) is 27.6. The lowest BCUT2D eigenvalue weighted by atomic mass is 9.85. The summed E-state index contributed by atoms with van der Waals surface area (Å²) in [6.45, 7) is 13.5. The number of para-hydroxylation sites is 3. The third-order valence-corrected chi connectivity index (χ3v) is 16.3. The van der Waals surface area contributed by atoms with Crippen LogP contribution in [0.3, 0.4) is 0 Å². The largest absolute Gasteiger partial charge is 0.458 e. The second-order valence-electron chi connectivity index (χ2n) is 23.4. The number of ether oxygens (including phenoxy) is 1. The van der Waals surface area contributed by atoms with Gasteiger partial charge >= 0.3 is 0 Å². The molecular formula is C74H56N4O2. The normalized spacial score (nSPS) is 12.4. The van der Waals surface area contributed by atoms with Crippen LogP contribution in [-0.2, 0) is 10.8 Å². The molecule has 4 aromatic heterocycles. The number of hydrogen-bond donors (Lipinski definition) is 0. The van der Waals surface area contributed by atoms with Crippen molar-refractivity contribution in [1.82, 2.24) is 14.1 Å². The Bertz CT molecular complexity index is 4820. The number of aromatic nitrogens is 4. The average molecular weight is 1030 g/mol. The van der Waals surface area contributed by atoms with Crippen molar-refractivity contribution >= 4 is 54.8 Å². The number of hydrogen-bond acceptors (Lipinski definition) is 3. The first-order valence-electron chi connectivity index (χ1n) is 27.6. The summed E-state index contributed by atoms with van der Waals surface area (Å²) in [5.74, 6) is 2.30. The molecule has 0 amide bonds. The molecule has 0 spiro atoms. The first-order chi connectivity index (χ1) is 38.9. The number of furan rings is 1. The zero-order valence-electron chi connectivity index (χ0n) is 45.5. The second-order valence-corrected chi connectivity index (χ2v) is 23.4. The number of imidazole rings is 1. The summed E-state index contributed by atoms with van der Waals surface area (Å²) in [6, 6.07) is 81.0. The Balaban J connectivity index is 0.968. The van der Waals surface area contributed by atoms with Crippen molar-refractivity contribution in [2.24, 2.45) is 0 Å². The second kappa shape index (κ2) is 17.9. The molecule has 0 saturated carbocycles. The van der Waals surface area contributed by atoms with Gasteiger partial charge in [-0.25, -0.2) is 4.98 Å². The summed E-state index contributed by atoms with van der Waals surface area (Å²) in [4.78, 5) is 4.95. The van der Waals surface area contributed by atoms with E-state index in [-0.39, 0.29) is 10.8 Å². The Labute approximate surface area is 465 Å². The third kappa shape index (κ3) is 7.69. The third-order valence-electron chi connectivity index (χ3n) is 16.3. The molecule has 0 bridgehead atoms. The van der Waals surface area contributed by atoms with Gasteiger partial charge in [0, 0.05) is 33.8 Å². The number of pyridine rings is 1. The molecular weight excluding hydrogens is 977 g/mol. The Kier molecular flexibility index (Phi) is 10.6. The smallest absolute Gasteiger partial charge is 0.269 e. The van der Waals surface area contributed by atoms with Crippen molar-refractivity contribution in [2.75, 3.05) is 0 Å². The fourth-order valence-corrected chi connectivity index (χ4v) is 12.2. The minimum atomic E-state index is -0.0417. The van der Waals surface area contributed by atoms with Crippen LogP contribution in [0.15, 0.2) is 235 Å². The number of rotatable bonds is 6. The van der Waals surface area contributed by atoms with Crippen LogP contribution in [0, 0.1) is 6.33 Å². The highest BCUT2D eigenvalue weighted by Crippen LogP contribution is 2.47. The van der Waals surface area contributed by atoms with Crippen molar-refractivity contribution in [3.05, 3.63) is 248 Å². The molecule has 1 aliphatic rings. The van der Waals surface area contributed by atoms with Crippen LogP contribution in [0.25, 0.3) is 128 Å². The van der Waals surface area contributed by atoms with E-state index in [9.17, 15) is 0 Å². The molecule has 0 radical (unpaired) electrons. The predicted octanol–water partition coefficient (Wildman–Crippen LogP) is 19.1. The zero-order chi connectivity index (χ0) is 54.0. The Hall–Kier alpha value is -9.78. The first kappa shape index (κ1) is 47.4. The minimum absolute atomic E-state index is 0.00554. The molecule has 0 saturated heterocycles. The number of benzene rings is 10. The highest BCUT2D eigenvalue weighted by molar-refractivity contribution is 6.10. The molecule has 6 heteroatoms. The molecule has 0 unspecified atom stereocenters. The minimum Gasteiger partial charge on any atom is -0.458 e. The van der Waals surface area contributed by atoms with Crippen LogP contribution in [0.1, 0.15) is 52.7 Å². The van der Waals surface area contributed by atoms with E-state index >= 15 is 0 Å². The summed E-state index contributed by atoms with van der Waals surface area (Å²) in [6.07, 6.45) is 5.98. The van der Waals surface area contributed by atoms with Crippen LogP contribution in [0.5, 0.6) is 11.5 Å². The summed E-state index contributed by atoms with van der Waals surface area (Å²) in [7, 11) is 0. The van der Waals surface area contributed by atoms with Gasteiger partial charge in [-0.1, -0.05) is 187 Å². The summed E-state index contributed by atoms with van der Waals surface area (Å²) in [5, 5.41) is 4.47. The van der Waals surface area contributed by atoms with Gasteiger partial charge in [-0.2, -0.15) is 0 Å². The lowest BCUT2D eigenvalue weighted by molar-refractivity contribution is -0.570. The van der Waals surface area contributed by atoms with E-state index < -0.39 is 0 Å². The molecule has 80 heavy (non-hydrogen) atoms. The van der Waals surface area contributed by atoms with E-state index in [1.165, 1.54) is 16.7 Å². The van der Waals surface area contributed by atoms with E-state index in [0.29, 0.717) is 5.75 Å². The molecule has 0 atom stereocenters. The Morgan fingerprint density at radius 3 is 1.82 bits per heavy atom. The van der Waals surface area contributed by atoms with E-state index in [4.69, 9.17) is 14.1 Å². The fraction of sp³-hybridized carbons (Fsp3) is 0.108. The van der Waals surface area contributed by atoms with Crippen LogP contribution in [0.2, 0.25) is 0 Å². The van der Waals surface area contributed by atoms with Gasteiger partial charge in [-0.15, -0.1) is 0 Å². The molecule has 15 rings (SSSR count). The van der Waals surface area contributed by atoms with Gasteiger partial charge in [-0.05, 0) is 150 Å². The topological polar surface area (TPSA) is 49.0 Å². The van der Waals surface area contributed by atoms with E-state index in [2.05, 4.69) is 268 Å². The standard InChI is InChI=1S/C74H56N4O2/c1-73(2,3)49-32-29-46(30-33-49)54-25-16-26-62-57-21-9-7-19-55(57)56-20-8-10-22-58(56)64-40-48(47-31-36-69-63(39-47)61-24-12-14-28-68(61)80-69)41-67-72(64)77(71(54)62)45-76(67)51-17-15-18-52(43-51)79-53-34-35-60-59-23-11-13-27-65(59)78(66(60)44-53)70-42-50(37-38-75-70)74(4,5)6/h7-44H,1-6H3. The van der Waals surface area contributed by atoms with Gasteiger partial charge in [0.1, 0.15) is 28.5 Å². The SMILES string of the molecule is CC(C)(C)c1ccc(-c2cccc3c2-[n+]2[c-]n(-c4cccc(Oc5ccc6c7ccccc7n(-c7cc(C(C)(C)C)ccn7)c6c5)c4)c4cc(-c5ccc6oc7ccccc7c6c5)cc(c42)-c2ccccc2-c2ccccc2-3)cc1. The summed E-state index contributed by atoms with van der Waals surface area (Å²) in [5.41, 5.74) is 21.6. The van der Waals surface area contributed by atoms with Gasteiger partial charge in [0.2, 0.25) is 0 Å².